The highest BCUT2D eigenvalue weighted by Gasteiger charge is 2.64. The van der Waals surface area contributed by atoms with E-state index in [0.717, 1.165) is 0 Å². The monoisotopic (exact) mass is 420 g/mol. The fourth-order valence-electron chi connectivity index (χ4n) is 4.02. The summed E-state index contributed by atoms with van der Waals surface area (Å²) in [5, 5.41) is 9.98. The van der Waals surface area contributed by atoms with Crippen LogP contribution in [0.2, 0.25) is 0 Å². The van der Waals surface area contributed by atoms with Gasteiger partial charge in [0.1, 0.15) is 36.1 Å². The average Bonchev–Trinajstić information content (AvgIpc) is 3.52. The molecule has 4 rings (SSSR count). The molecule has 0 spiro atoms. The van der Waals surface area contributed by atoms with E-state index in [1.807, 2.05) is 13.0 Å². The summed E-state index contributed by atoms with van der Waals surface area (Å²) >= 11 is 0. The van der Waals surface area contributed by atoms with Crippen LogP contribution in [0.4, 0.5) is 0 Å². The first-order chi connectivity index (χ1) is 14.1. The predicted molar refractivity (Wildman–Crippen MR) is 100.0 cm³/mol. The largest absolute Gasteiger partial charge is 0.461 e. The summed E-state index contributed by atoms with van der Waals surface area (Å²) in [4.78, 5) is 36.3. The van der Waals surface area contributed by atoms with Crippen LogP contribution >= 0.6 is 0 Å². The zero-order valence-electron chi connectivity index (χ0n) is 17.0. The van der Waals surface area contributed by atoms with Gasteiger partial charge in [-0.2, -0.15) is 0 Å². The lowest BCUT2D eigenvalue weighted by Crippen LogP contribution is -2.37. The Balaban J connectivity index is 1.79. The molecule has 0 aromatic heterocycles. The van der Waals surface area contributed by atoms with Crippen molar-refractivity contribution in [2.45, 2.75) is 62.8 Å². The maximum atomic E-state index is 12.6. The Kier molecular flexibility index (Phi) is 4.87. The van der Waals surface area contributed by atoms with Crippen LogP contribution in [0.25, 0.3) is 0 Å². The van der Waals surface area contributed by atoms with Crippen LogP contribution in [0.3, 0.4) is 0 Å². The molecule has 1 N–H and O–H groups in total. The molecule has 0 radical (unpaired) electrons. The highest BCUT2D eigenvalue weighted by molar-refractivity contribution is 5.94. The van der Waals surface area contributed by atoms with Gasteiger partial charge in [-0.3, -0.25) is 4.79 Å². The number of rotatable bonds is 5. The van der Waals surface area contributed by atoms with Crippen molar-refractivity contribution >= 4 is 17.9 Å². The molecule has 4 aliphatic rings. The van der Waals surface area contributed by atoms with Gasteiger partial charge in [-0.15, -0.1) is 0 Å². The van der Waals surface area contributed by atoms with Gasteiger partial charge in [0.05, 0.1) is 12.2 Å². The first kappa shape index (κ1) is 20.8. The van der Waals surface area contributed by atoms with Gasteiger partial charge in [-0.1, -0.05) is 18.7 Å². The van der Waals surface area contributed by atoms with Crippen LogP contribution in [-0.4, -0.2) is 71.8 Å². The SMILES string of the molecule is C=C(C)C(=O)O[C@H]1C[C@@]2(CO)O[C@@H]2/C=C\[C@@]2(C)O[C@@H]2[C@H]2OC(=O)C(COC(C)=O)=C12. The van der Waals surface area contributed by atoms with Crippen molar-refractivity contribution in [3.63, 3.8) is 0 Å². The van der Waals surface area contributed by atoms with Crippen molar-refractivity contribution in [1.29, 1.82) is 0 Å². The molecule has 9 heteroatoms. The van der Waals surface area contributed by atoms with Gasteiger partial charge in [0.15, 0.2) is 6.10 Å². The highest BCUT2D eigenvalue weighted by atomic mass is 16.7. The summed E-state index contributed by atoms with van der Waals surface area (Å²) in [6.45, 7) is 7.54. The molecule has 30 heavy (non-hydrogen) atoms. The van der Waals surface area contributed by atoms with E-state index in [4.69, 9.17) is 23.7 Å². The van der Waals surface area contributed by atoms with Crippen LogP contribution in [-0.2, 0) is 38.1 Å². The Bertz CT molecular complexity index is 887. The first-order valence-corrected chi connectivity index (χ1v) is 9.70. The molecule has 0 saturated carbocycles. The molecule has 0 unspecified atom stereocenters. The van der Waals surface area contributed by atoms with Gasteiger partial charge >= 0.3 is 17.9 Å². The lowest BCUT2D eigenvalue weighted by Gasteiger charge is -2.26. The molecule has 3 aliphatic heterocycles. The Labute approximate surface area is 173 Å². The maximum Gasteiger partial charge on any atom is 0.338 e. The van der Waals surface area contributed by atoms with Crippen LogP contribution in [0.15, 0.2) is 35.5 Å². The Morgan fingerprint density at radius 2 is 2.07 bits per heavy atom. The Morgan fingerprint density at radius 1 is 1.33 bits per heavy atom. The topological polar surface area (TPSA) is 124 Å². The third kappa shape index (κ3) is 3.46. The Hall–Kier alpha value is -2.49. The zero-order chi connectivity index (χ0) is 21.8. The molecule has 1 aliphatic carbocycles. The van der Waals surface area contributed by atoms with Crippen molar-refractivity contribution < 1.29 is 43.2 Å². The van der Waals surface area contributed by atoms with E-state index in [9.17, 15) is 19.5 Å². The third-order valence-electron chi connectivity index (χ3n) is 5.89. The van der Waals surface area contributed by atoms with Crippen molar-refractivity contribution in [2.24, 2.45) is 0 Å². The second kappa shape index (κ2) is 7.04. The number of hydrogen-bond acceptors (Lipinski definition) is 9. The van der Waals surface area contributed by atoms with Gasteiger partial charge in [0, 0.05) is 24.5 Å². The molecule has 3 heterocycles. The number of carbonyl (C=O) groups is 3. The van der Waals surface area contributed by atoms with Crippen LogP contribution in [0.5, 0.6) is 0 Å². The van der Waals surface area contributed by atoms with E-state index in [0.29, 0.717) is 5.57 Å². The molecule has 0 aromatic rings. The summed E-state index contributed by atoms with van der Waals surface area (Å²) in [6, 6.07) is 0. The van der Waals surface area contributed by atoms with Crippen molar-refractivity contribution in [3.05, 3.63) is 35.5 Å². The highest BCUT2D eigenvalue weighted by Crippen LogP contribution is 2.51. The average molecular weight is 420 g/mol. The molecule has 2 saturated heterocycles. The molecule has 0 bridgehead atoms. The predicted octanol–water partition coefficient (Wildman–Crippen LogP) is 0.507. The van der Waals surface area contributed by atoms with Crippen molar-refractivity contribution in [2.75, 3.05) is 13.2 Å². The number of esters is 3. The number of epoxide rings is 2. The number of carbonyl (C=O) groups excluding carboxylic acids is 3. The van der Waals surface area contributed by atoms with E-state index >= 15 is 0 Å². The summed E-state index contributed by atoms with van der Waals surface area (Å²) in [6.07, 6.45) is 1.05. The molecular formula is C21H24O9. The van der Waals surface area contributed by atoms with Crippen LogP contribution < -0.4 is 0 Å². The van der Waals surface area contributed by atoms with Crippen LogP contribution in [0.1, 0.15) is 27.2 Å². The third-order valence-corrected chi connectivity index (χ3v) is 5.89. The van der Waals surface area contributed by atoms with E-state index in [-0.39, 0.29) is 36.9 Å². The minimum Gasteiger partial charge on any atom is -0.461 e. The second-order valence-corrected chi connectivity index (χ2v) is 8.26. The number of aliphatic hydroxyl groups excluding tert-OH is 1. The first-order valence-electron chi connectivity index (χ1n) is 9.70. The van der Waals surface area contributed by atoms with Gasteiger partial charge in [0.2, 0.25) is 0 Å². The standard InChI is InChI=1S/C21H24O9/c1-10(2)18(24)27-13-7-21(9-22)14(29-21)5-6-20(4)17(30-20)16-15(13)12(19(25)28-16)8-26-11(3)23/h5-6,13-14,16-17,22H,1,7-9H2,2-4H3/b6-5-/t13-,14+,16-,17+,20+,21-/m0/s1. The zero-order valence-corrected chi connectivity index (χ0v) is 17.0. The number of aliphatic hydroxyl groups is 1. The fraction of sp³-hybridized carbons (Fsp3) is 0.571. The normalized spacial score (nSPS) is 39.7. The van der Waals surface area contributed by atoms with E-state index < -0.39 is 47.4 Å². The molecular weight excluding hydrogens is 396 g/mol. The molecule has 2 fully saturated rings. The summed E-state index contributed by atoms with van der Waals surface area (Å²) in [5.74, 6) is -1.89. The molecule has 9 nitrogen and oxygen atoms in total. The van der Waals surface area contributed by atoms with E-state index in [1.54, 1.807) is 6.08 Å². The minimum atomic E-state index is -0.968. The number of ether oxygens (including phenoxy) is 5. The van der Waals surface area contributed by atoms with Crippen molar-refractivity contribution in [3.8, 4) is 0 Å². The van der Waals surface area contributed by atoms with Crippen molar-refractivity contribution in [1.82, 2.24) is 0 Å². The Morgan fingerprint density at radius 3 is 2.70 bits per heavy atom. The summed E-state index contributed by atoms with van der Waals surface area (Å²) in [5.41, 5.74) is -1.04. The summed E-state index contributed by atoms with van der Waals surface area (Å²) in [7, 11) is 0. The van der Waals surface area contributed by atoms with E-state index in [1.165, 1.54) is 13.8 Å². The fourth-order valence-corrected chi connectivity index (χ4v) is 4.02. The second-order valence-electron chi connectivity index (χ2n) is 8.26. The molecule has 162 valence electrons. The molecule has 0 aromatic carbocycles. The van der Waals surface area contributed by atoms with Gasteiger partial charge in [0.25, 0.3) is 0 Å². The summed E-state index contributed by atoms with van der Waals surface area (Å²) < 4.78 is 27.8. The number of fused-ring (bicyclic) bond motifs is 4. The van der Waals surface area contributed by atoms with Gasteiger partial charge < -0.3 is 28.8 Å². The van der Waals surface area contributed by atoms with Crippen LogP contribution in [0, 0.1) is 0 Å². The quantitative estimate of drug-likeness (QED) is 0.223. The smallest absolute Gasteiger partial charge is 0.338 e. The molecule has 6 atom stereocenters. The molecule has 0 amide bonds. The lowest BCUT2D eigenvalue weighted by atomic mass is 9.85. The maximum absolute atomic E-state index is 12.6. The number of hydrogen-bond donors (Lipinski definition) is 1. The van der Waals surface area contributed by atoms with E-state index in [2.05, 4.69) is 6.58 Å². The minimum absolute atomic E-state index is 0.0903. The van der Waals surface area contributed by atoms with Gasteiger partial charge in [-0.25, -0.2) is 9.59 Å². The van der Waals surface area contributed by atoms with Gasteiger partial charge in [-0.05, 0) is 13.8 Å². The lowest BCUT2D eigenvalue weighted by molar-refractivity contribution is -0.144.